The zero-order valence-electron chi connectivity index (χ0n) is 15.5. The van der Waals surface area contributed by atoms with Gasteiger partial charge in [0.1, 0.15) is 18.2 Å². The number of nitrogens with zero attached hydrogens (tertiary/aromatic N) is 2. The molecule has 1 amide bonds. The van der Waals surface area contributed by atoms with Gasteiger partial charge >= 0.3 is 0 Å². The van der Waals surface area contributed by atoms with Gasteiger partial charge in [-0.05, 0) is 55.3 Å². The van der Waals surface area contributed by atoms with E-state index in [2.05, 4.69) is 16.3 Å². The van der Waals surface area contributed by atoms with Gasteiger partial charge in [0.15, 0.2) is 0 Å². The summed E-state index contributed by atoms with van der Waals surface area (Å²) in [7, 11) is 0. The zero-order valence-corrected chi connectivity index (χ0v) is 15.5. The molecule has 3 aromatic rings. The molecule has 0 aliphatic heterocycles. The number of carbonyl (C=O) groups excluding carboxylic acids is 1. The fourth-order valence-corrected chi connectivity index (χ4v) is 2.77. The van der Waals surface area contributed by atoms with E-state index in [9.17, 15) is 9.18 Å². The average Bonchev–Trinajstić information content (AvgIpc) is 3.09. The number of terminal acetylenes is 1. The van der Waals surface area contributed by atoms with Crippen molar-refractivity contribution in [3.8, 4) is 23.8 Å². The first-order valence-corrected chi connectivity index (χ1v) is 8.82. The van der Waals surface area contributed by atoms with E-state index in [0.29, 0.717) is 29.9 Å². The number of aromatic nitrogens is 2. The summed E-state index contributed by atoms with van der Waals surface area (Å²) in [4.78, 5) is 12.5. The molecule has 28 heavy (non-hydrogen) atoms. The standard InChI is InChI=1S/C22H20FN3O2/c1-3-14-28-20-10-4-17(5-11-20)12-13-24-22(27)21-15-25-26(16(21)2)19-8-6-18(23)7-9-19/h1,4-11,15H,12-14H2,2H3,(H,24,27). The molecule has 1 N–H and O–H groups in total. The number of nitrogens with one attached hydrogen (secondary N) is 1. The third kappa shape index (κ3) is 4.57. The van der Waals surface area contributed by atoms with Crippen LogP contribution in [0.3, 0.4) is 0 Å². The second-order valence-corrected chi connectivity index (χ2v) is 6.17. The smallest absolute Gasteiger partial charge is 0.254 e. The number of ether oxygens (including phenoxy) is 1. The molecule has 142 valence electrons. The molecule has 0 atom stereocenters. The van der Waals surface area contributed by atoms with Crippen molar-refractivity contribution in [3.05, 3.63) is 77.4 Å². The molecular weight excluding hydrogens is 357 g/mol. The van der Waals surface area contributed by atoms with E-state index in [1.807, 2.05) is 24.3 Å². The fraction of sp³-hybridized carbons (Fsp3) is 0.182. The lowest BCUT2D eigenvalue weighted by molar-refractivity contribution is 0.0953. The lowest BCUT2D eigenvalue weighted by atomic mass is 10.1. The van der Waals surface area contributed by atoms with Crippen LogP contribution in [-0.2, 0) is 6.42 Å². The number of hydrogen-bond acceptors (Lipinski definition) is 3. The second-order valence-electron chi connectivity index (χ2n) is 6.17. The van der Waals surface area contributed by atoms with Crippen LogP contribution in [-0.4, -0.2) is 28.8 Å². The summed E-state index contributed by atoms with van der Waals surface area (Å²) >= 11 is 0. The molecule has 2 aromatic carbocycles. The van der Waals surface area contributed by atoms with Crippen molar-refractivity contribution in [1.29, 1.82) is 0 Å². The Labute approximate surface area is 163 Å². The molecule has 6 heteroatoms. The Morgan fingerprint density at radius 1 is 1.21 bits per heavy atom. The van der Waals surface area contributed by atoms with Crippen molar-refractivity contribution in [2.24, 2.45) is 0 Å². The highest BCUT2D eigenvalue weighted by atomic mass is 19.1. The van der Waals surface area contributed by atoms with E-state index in [4.69, 9.17) is 11.2 Å². The number of hydrogen-bond donors (Lipinski definition) is 1. The Bertz CT molecular complexity index is 986. The molecule has 1 aromatic heterocycles. The van der Waals surface area contributed by atoms with E-state index >= 15 is 0 Å². The van der Waals surface area contributed by atoms with Gasteiger partial charge in [0, 0.05) is 6.54 Å². The number of rotatable bonds is 7. The predicted octanol–water partition coefficient (Wildman–Crippen LogP) is 3.30. The largest absolute Gasteiger partial charge is 0.481 e. The summed E-state index contributed by atoms with van der Waals surface area (Å²) < 4.78 is 20.0. The van der Waals surface area contributed by atoms with Gasteiger partial charge in [-0.15, -0.1) is 6.42 Å². The van der Waals surface area contributed by atoms with Crippen LogP contribution < -0.4 is 10.1 Å². The summed E-state index contributed by atoms with van der Waals surface area (Å²) in [6.45, 7) is 2.53. The maximum absolute atomic E-state index is 13.1. The minimum atomic E-state index is -0.317. The van der Waals surface area contributed by atoms with E-state index in [1.165, 1.54) is 18.3 Å². The average molecular weight is 377 g/mol. The third-order valence-electron chi connectivity index (χ3n) is 4.27. The lowest BCUT2D eigenvalue weighted by Crippen LogP contribution is -2.26. The normalized spacial score (nSPS) is 10.3. The first kappa shape index (κ1) is 19.2. The minimum absolute atomic E-state index is 0.195. The van der Waals surface area contributed by atoms with Gasteiger partial charge in [0.25, 0.3) is 5.91 Å². The highest BCUT2D eigenvalue weighted by Gasteiger charge is 2.14. The summed E-state index contributed by atoms with van der Waals surface area (Å²) in [5.41, 5.74) is 2.96. The van der Waals surface area contributed by atoms with E-state index in [1.54, 1.807) is 23.7 Å². The summed E-state index contributed by atoms with van der Waals surface area (Å²) in [6.07, 6.45) is 7.37. The molecule has 5 nitrogen and oxygen atoms in total. The fourth-order valence-electron chi connectivity index (χ4n) is 2.77. The first-order chi connectivity index (χ1) is 13.6. The Morgan fingerprint density at radius 3 is 2.61 bits per heavy atom. The SMILES string of the molecule is C#CCOc1ccc(CCNC(=O)c2cnn(-c3ccc(F)cc3)c2C)cc1. The molecule has 0 aliphatic rings. The first-order valence-electron chi connectivity index (χ1n) is 8.82. The van der Waals surface area contributed by atoms with Crippen LogP contribution in [0.4, 0.5) is 4.39 Å². The molecule has 0 aliphatic carbocycles. The van der Waals surface area contributed by atoms with Gasteiger partial charge < -0.3 is 10.1 Å². The van der Waals surface area contributed by atoms with Crippen molar-refractivity contribution < 1.29 is 13.9 Å². The van der Waals surface area contributed by atoms with Crippen LogP contribution in [0.15, 0.2) is 54.7 Å². The van der Waals surface area contributed by atoms with Crippen molar-refractivity contribution in [2.75, 3.05) is 13.2 Å². The maximum atomic E-state index is 13.1. The molecule has 0 saturated carbocycles. The monoisotopic (exact) mass is 377 g/mol. The summed E-state index contributed by atoms with van der Waals surface area (Å²) in [6, 6.07) is 13.5. The highest BCUT2D eigenvalue weighted by molar-refractivity contribution is 5.95. The van der Waals surface area contributed by atoms with Crippen molar-refractivity contribution in [1.82, 2.24) is 15.1 Å². The molecule has 0 unspecified atom stereocenters. The quantitative estimate of drug-likeness (QED) is 0.643. The van der Waals surface area contributed by atoms with Crippen LogP contribution in [0.1, 0.15) is 21.6 Å². The summed E-state index contributed by atoms with van der Waals surface area (Å²) in [5, 5.41) is 7.14. The van der Waals surface area contributed by atoms with Crippen LogP contribution in [0.5, 0.6) is 5.75 Å². The number of benzene rings is 2. The molecule has 1 heterocycles. The molecule has 0 bridgehead atoms. The van der Waals surface area contributed by atoms with Gasteiger partial charge in [0.05, 0.1) is 23.1 Å². The van der Waals surface area contributed by atoms with E-state index in [-0.39, 0.29) is 18.3 Å². The van der Waals surface area contributed by atoms with Gasteiger partial charge in [-0.3, -0.25) is 4.79 Å². The topological polar surface area (TPSA) is 56.1 Å². The lowest BCUT2D eigenvalue weighted by Gasteiger charge is -2.07. The third-order valence-corrected chi connectivity index (χ3v) is 4.27. The molecular formula is C22H20FN3O2. The van der Waals surface area contributed by atoms with Crippen LogP contribution >= 0.6 is 0 Å². The highest BCUT2D eigenvalue weighted by Crippen LogP contribution is 2.15. The van der Waals surface area contributed by atoms with Crippen molar-refractivity contribution in [2.45, 2.75) is 13.3 Å². The Hall–Kier alpha value is -3.59. The zero-order chi connectivity index (χ0) is 19.9. The van der Waals surface area contributed by atoms with Crippen LogP contribution in [0.25, 0.3) is 5.69 Å². The van der Waals surface area contributed by atoms with Crippen molar-refractivity contribution >= 4 is 5.91 Å². The number of carbonyl (C=O) groups is 1. The molecule has 3 rings (SSSR count). The molecule has 0 radical (unpaired) electrons. The molecule has 0 spiro atoms. The van der Waals surface area contributed by atoms with Gasteiger partial charge in [0.2, 0.25) is 0 Å². The second kappa shape index (κ2) is 8.87. The molecule has 0 fully saturated rings. The maximum Gasteiger partial charge on any atom is 0.254 e. The van der Waals surface area contributed by atoms with Crippen molar-refractivity contribution in [3.63, 3.8) is 0 Å². The molecule has 0 saturated heterocycles. The van der Waals surface area contributed by atoms with Gasteiger partial charge in [-0.1, -0.05) is 18.1 Å². The number of halogens is 1. The Kier molecular flexibility index (Phi) is 6.07. The predicted molar refractivity (Wildman–Crippen MR) is 105 cm³/mol. The summed E-state index contributed by atoms with van der Waals surface area (Å²) in [5.74, 6) is 2.62. The Morgan fingerprint density at radius 2 is 1.93 bits per heavy atom. The van der Waals surface area contributed by atoms with Crippen LogP contribution in [0, 0.1) is 25.1 Å². The van der Waals surface area contributed by atoms with Crippen LogP contribution in [0.2, 0.25) is 0 Å². The van der Waals surface area contributed by atoms with E-state index in [0.717, 1.165) is 11.3 Å². The van der Waals surface area contributed by atoms with E-state index < -0.39 is 0 Å². The Balaban J connectivity index is 1.57. The van der Waals surface area contributed by atoms with Gasteiger partial charge in [-0.25, -0.2) is 9.07 Å². The minimum Gasteiger partial charge on any atom is -0.481 e. The number of amides is 1. The van der Waals surface area contributed by atoms with Gasteiger partial charge in [-0.2, -0.15) is 5.10 Å².